The van der Waals surface area contributed by atoms with E-state index in [1.807, 2.05) is 53.2 Å². The van der Waals surface area contributed by atoms with Gasteiger partial charge >= 0.3 is 0 Å². The molecule has 0 saturated carbocycles. The predicted octanol–water partition coefficient (Wildman–Crippen LogP) is 4.00. The molecule has 4 nitrogen and oxygen atoms in total. The van der Waals surface area contributed by atoms with Crippen LogP contribution in [-0.4, -0.2) is 22.0 Å². The van der Waals surface area contributed by atoms with Gasteiger partial charge < -0.3 is 9.88 Å². The van der Waals surface area contributed by atoms with Crippen molar-refractivity contribution >= 4 is 17.7 Å². The van der Waals surface area contributed by atoms with Crippen molar-refractivity contribution < 1.29 is 4.79 Å². The van der Waals surface area contributed by atoms with Crippen molar-refractivity contribution in [2.24, 2.45) is 0 Å². The first-order chi connectivity index (χ1) is 12.3. The number of hydrogen-bond acceptors (Lipinski definition) is 3. The maximum atomic E-state index is 12.2. The van der Waals surface area contributed by atoms with Crippen LogP contribution in [0.1, 0.15) is 22.3 Å². The van der Waals surface area contributed by atoms with Crippen molar-refractivity contribution in [3.63, 3.8) is 0 Å². The first-order valence-electron chi connectivity index (χ1n) is 8.32. The van der Waals surface area contributed by atoms with E-state index in [0.29, 0.717) is 12.1 Å². The average Bonchev–Trinajstić information content (AvgIpc) is 3.18. The first-order valence-corrected chi connectivity index (χ1v) is 9.30. The van der Waals surface area contributed by atoms with E-state index < -0.39 is 0 Å². The van der Waals surface area contributed by atoms with E-state index >= 15 is 0 Å². The van der Waals surface area contributed by atoms with Gasteiger partial charge in [0.15, 0.2) is 0 Å². The molecule has 5 heteroatoms. The summed E-state index contributed by atoms with van der Waals surface area (Å²) in [5.74, 6) is 0.879. The lowest BCUT2D eigenvalue weighted by molar-refractivity contribution is 0.0952. The minimum Gasteiger partial charge on any atom is -0.352 e. The van der Waals surface area contributed by atoms with Crippen LogP contribution < -0.4 is 5.32 Å². The van der Waals surface area contributed by atoms with Crippen molar-refractivity contribution in [2.75, 3.05) is 6.54 Å². The van der Waals surface area contributed by atoms with E-state index in [-0.39, 0.29) is 5.91 Å². The zero-order chi connectivity index (χ0) is 17.3. The number of amides is 1. The average molecular weight is 351 g/mol. The monoisotopic (exact) mass is 351 g/mol. The fourth-order valence-electron chi connectivity index (χ4n) is 2.42. The second kappa shape index (κ2) is 9.08. The van der Waals surface area contributed by atoms with Gasteiger partial charge in [-0.05, 0) is 36.2 Å². The summed E-state index contributed by atoms with van der Waals surface area (Å²) in [5, 5.41) is 2.96. The third kappa shape index (κ3) is 5.50. The summed E-state index contributed by atoms with van der Waals surface area (Å²) in [6.07, 6.45) is 6.35. The van der Waals surface area contributed by atoms with Crippen LogP contribution in [-0.2, 0) is 12.3 Å². The molecule has 1 aromatic heterocycles. The standard InChI is InChI=1S/C20H21N3OS/c24-20(22-11-4-13-23-14-12-21-16-23)18-9-7-17(8-10-18)15-25-19-5-2-1-3-6-19/h1-3,5-10,12,14,16H,4,11,13,15H2,(H,22,24). The predicted molar refractivity (Wildman–Crippen MR) is 102 cm³/mol. The van der Waals surface area contributed by atoms with Gasteiger partial charge in [0.1, 0.15) is 0 Å². The number of carbonyl (C=O) groups is 1. The number of hydrogen-bond donors (Lipinski definition) is 1. The summed E-state index contributed by atoms with van der Waals surface area (Å²) in [4.78, 5) is 17.4. The van der Waals surface area contributed by atoms with Crippen LogP contribution in [0, 0.1) is 0 Å². The number of nitrogens with one attached hydrogen (secondary N) is 1. The molecule has 3 rings (SSSR count). The summed E-state index contributed by atoms with van der Waals surface area (Å²) in [5.41, 5.74) is 1.92. The molecule has 0 atom stereocenters. The number of aromatic nitrogens is 2. The lowest BCUT2D eigenvalue weighted by atomic mass is 10.1. The van der Waals surface area contributed by atoms with Gasteiger partial charge in [0.25, 0.3) is 5.91 Å². The largest absolute Gasteiger partial charge is 0.352 e. The fourth-order valence-corrected chi connectivity index (χ4v) is 3.30. The zero-order valence-electron chi connectivity index (χ0n) is 14.0. The molecule has 0 fully saturated rings. The van der Waals surface area contributed by atoms with Crippen LogP contribution >= 0.6 is 11.8 Å². The van der Waals surface area contributed by atoms with Crippen LogP contribution in [0.5, 0.6) is 0 Å². The molecule has 0 radical (unpaired) electrons. The number of nitrogens with zero attached hydrogens (tertiary/aromatic N) is 2. The highest BCUT2D eigenvalue weighted by Crippen LogP contribution is 2.22. The third-order valence-electron chi connectivity index (χ3n) is 3.80. The Hall–Kier alpha value is -2.53. The molecule has 0 bridgehead atoms. The minimum atomic E-state index is -0.0205. The molecule has 1 amide bonds. The summed E-state index contributed by atoms with van der Waals surface area (Å²) in [6.45, 7) is 1.51. The van der Waals surface area contributed by atoms with Gasteiger partial charge in [-0.25, -0.2) is 4.98 Å². The zero-order valence-corrected chi connectivity index (χ0v) is 14.8. The Morgan fingerprint density at radius 3 is 2.60 bits per heavy atom. The number of imidazole rings is 1. The second-order valence-electron chi connectivity index (χ2n) is 5.71. The summed E-state index contributed by atoms with van der Waals surface area (Å²) >= 11 is 1.80. The van der Waals surface area contributed by atoms with Crippen molar-refractivity contribution in [2.45, 2.75) is 23.6 Å². The highest BCUT2D eigenvalue weighted by atomic mass is 32.2. The lowest BCUT2D eigenvalue weighted by Gasteiger charge is -2.07. The molecule has 25 heavy (non-hydrogen) atoms. The van der Waals surface area contributed by atoms with Gasteiger partial charge in [-0.1, -0.05) is 30.3 Å². The van der Waals surface area contributed by atoms with E-state index in [9.17, 15) is 4.79 Å². The van der Waals surface area contributed by atoms with Crippen molar-refractivity contribution in [1.82, 2.24) is 14.9 Å². The molecular weight excluding hydrogens is 330 g/mol. The fraction of sp³-hybridized carbons (Fsp3) is 0.200. The molecular formula is C20H21N3OS. The number of thioether (sulfide) groups is 1. The first kappa shape index (κ1) is 17.3. The third-order valence-corrected chi connectivity index (χ3v) is 4.89. The minimum absolute atomic E-state index is 0.0205. The SMILES string of the molecule is O=C(NCCCn1ccnc1)c1ccc(CSc2ccccc2)cc1. The highest BCUT2D eigenvalue weighted by Gasteiger charge is 2.05. The Balaban J connectivity index is 1.42. The molecule has 0 aliphatic rings. The summed E-state index contributed by atoms with van der Waals surface area (Å²) in [7, 11) is 0. The van der Waals surface area contributed by atoms with Crippen molar-refractivity contribution in [1.29, 1.82) is 0 Å². The van der Waals surface area contributed by atoms with Gasteiger partial charge in [0.05, 0.1) is 6.33 Å². The number of rotatable bonds is 8. The lowest BCUT2D eigenvalue weighted by Crippen LogP contribution is -2.25. The quantitative estimate of drug-likeness (QED) is 0.493. The molecule has 1 heterocycles. The molecule has 128 valence electrons. The summed E-state index contributed by atoms with van der Waals surface area (Å²) < 4.78 is 2.01. The Morgan fingerprint density at radius 2 is 1.88 bits per heavy atom. The van der Waals surface area contributed by atoms with E-state index in [0.717, 1.165) is 18.7 Å². The molecule has 0 aliphatic carbocycles. The van der Waals surface area contributed by atoms with Crippen molar-refractivity contribution in [3.05, 3.63) is 84.4 Å². The molecule has 0 unspecified atom stereocenters. The van der Waals surface area contributed by atoms with Crippen LogP contribution in [0.2, 0.25) is 0 Å². The molecule has 1 N–H and O–H groups in total. The van der Waals surface area contributed by atoms with E-state index in [1.54, 1.807) is 24.3 Å². The van der Waals surface area contributed by atoms with Crippen LogP contribution in [0.4, 0.5) is 0 Å². The van der Waals surface area contributed by atoms with Crippen LogP contribution in [0.25, 0.3) is 0 Å². The number of carbonyl (C=O) groups excluding carboxylic acids is 1. The molecule has 2 aromatic carbocycles. The van der Waals surface area contributed by atoms with Crippen LogP contribution in [0.15, 0.2) is 78.2 Å². The number of aryl methyl sites for hydroxylation is 1. The van der Waals surface area contributed by atoms with Gasteiger partial charge in [-0.3, -0.25) is 4.79 Å². The van der Waals surface area contributed by atoms with Gasteiger partial charge in [0.2, 0.25) is 0 Å². The maximum absolute atomic E-state index is 12.2. The topological polar surface area (TPSA) is 46.9 Å². The van der Waals surface area contributed by atoms with Gasteiger partial charge in [-0.2, -0.15) is 0 Å². The number of benzene rings is 2. The van der Waals surface area contributed by atoms with Crippen molar-refractivity contribution in [3.8, 4) is 0 Å². The molecule has 0 saturated heterocycles. The maximum Gasteiger partial charge on any atom is 0.251 e. The Kier molecular flexibility index (Phi) is 6.29. The Morgan fingerprint density at radius 1 is 1.08 bits per heavy atom. The summed E-state index contributed by atoms with van der Waals surface area (Å²) in [6, 6.07) is 18.2. The second-order valence-corrected chi connectivity index (χ2v) is 6.76. The van der Waals surface area contributed by atoms with Gasteiger partial charge in [-0.15, -0.1) is 11.8 Å². The molecule has 3 aromatic rings. The molecule has 0 spiro atoms. The van der Waals surface area contributed by atoms with Gasteiger partial charge in [0, 0.05) is 41.7 Å². The Bertz CT molecular complexity index is 770. The Labute approximate surface area is 152 Å². The highest BCUT2D eigenvalue weighted by molar-refractivity contribution is 7.98. The molecule has 0 aliphatic heterocycles. The smallest absolute Gasteiger partial charge is 0.251 e. The van der Waals surface area contributed by atoms with E-state index in [1.165, 1.54) is 10.5 Å². The van der Waals surface area contributed by atoms with E-state index in [4.69, 9.17) is 0 Å². The van der Waals surface area contributed by atoms with Crippen LogP contribution in [0.3, 0.4) is 0 Å². The van der Waals surface area contributed by atoms with E-state index in [2.05, 4.69) is 22.4 Å². The normalized spacial score (nSPS) is 10.6.